The lowest BCUT2D eigenvalue weighted by molar-refractivity contribution is -0.167. The van der Waals surface area contributed by atoms with E-state index >= 15 is 0 Å². The summed E-state index contributed by atoms with van der Waals surface area (Å²) in [6, 6.07) is 0. The van der Waals surface area contributed by atoms with Crippen molar-refractivity contribution in [2.75, 3.05) is 13.2 Å². The molecule has 0 N–H and O–H groups in total. The van der Waals surface area contributed by atoms with Gasteiger partial charge in [-0.2, -0.15) is 0 Å². The van der Waals surface area contributed by atoms with Crippen molar-refractivity contribution < 1.29 is 28.6 Å². The molecule has 0 rings (SSSR count). The molecule has 0 radical (unpaired) electrons. The second-order valence-electron chi connectivity index (χ2n) is 20.2. The molecule has 75 heavy (non-hydrogen) atoms. The summed E-state index contributed by atoms with van der Waals surface area (Å²) in [5, 5.41) is 0. The van der Waals surface area contributed by atoms with Crippen LogP contribution in [0.1, 0.15) is 278 Å². The minimum atomic E-state index is -0.781. The number of esters is 3. The third-order valence-corrected chi connectivity index (χ3v) is 13.0. The molecular formula is C69H114O6. The van der Waals surface area contributed by atoms with Crippen molar-refractivity contribution in [1.29, 1.82) is 0 Å². The van der Waals surface area contributed by atoms with Crippen molar-refractivity contribution in [2.45, 2.75) is 284 Å². The molecule has 0 aliphatic carbocycles. The fourth-order valence-electron chi connectivity index (χ4n) is 8.38. The van der Waals surface area contributed by atoms with Gasteiger partial charge in [0.2, 0.25) is 0 Å². The Morgan fingerprint density at radius 3 is 0.813 bits per heavy atom. The van der Waals surface area contributed by atoms with Gasteiger partial charge in [0.15, 0.2) is 6.10 Å². The monoisotopic (exact) mass is 1040 g/mol. The average molecular weight is 1040 g/mol. The SMILES string of the molecule is CC/C=C\C/C=C\C/C=C\C/C=C\C/C=C\C/C=C\C/C=C\CCCCCCCCCCCCCCCC(=O)OCC(COC(=O)CCCCCCC)OC(=O)CCCCCCCCC/C=C\C/C=C\C/C=C\CC. The van der Waals surface area contributed by atoms with Crippen molar-refractivity contribution in [3.8, 4) is 0 Å². The fourth-order valence-corrected chi connectivity index (χ4v) is 8.38. The van der Waals surface area contributed by atoms with Crippen LogP contribution >= 0.6 is 0 Å². The molecule has 0 amide bonds. The molecule has 0 aliphatic heterocycles. The molecule has 0 fully saturated rings. The van der Waals surface area contributed by atoms with E-state index in [-0.39, 0.29) is 31.1 Å². The molecule has 1 unspecified atom stereocenters. The van der Waals surface area contributed by atoms with E-state index in [1.54, 1.807) is 0 Å². The molecule has 0 aromatic carbocycles. The first-order valence-electron chi connectivity index (χ1n) is 31.0. The van der Waals surface area contributed by atoms with Crippen LogP contribution in [0, 0.1) is 0 Å². The maximum atomic E-state index is 12.8. The van der Waals surface area contributed by atoms with Gasteiger partial charge in [0, 0.05) is 19.3 Å². The summed E-state index contributed by atoms with van der Waals surface area (Å²) in [6.07, 6.45) is 86.8. The maximum absolute atomic E-state index is 12.8. The highest BCUT2D eigenvalue weighted by Gasteiger charge is 2.19. The molecule has 6 heteroatoms. The highest BCUT2D eigenvalue weighted by molar-refractivity contribution is 5.71. The van der Waals surface area contributed by atoms with E-state index in [4.69, 9.17) is 14.2 Å². The highest BCUT2D eigenvalue weighted by Crippen LogP contribution is 2.16. The van der Waals surface area contributed by atoms with Crippen molar-refractivity contribution >= 4 is 17.9 Å². The lowest BCUT2D eigenvalue weighted by Gasteiger charge is -2.18. The molecule has 0 saturated heterocycles. The molecular weight excluding hydrogens is 925 g/mol. The van der Waals surface area contributed by atoms with Crippen LogP contribution in [0.25, 0.3) is 0 Å². The van der Waals surface area contributed by atoms with Crippen LogP contribution in [0.4, 0.5) is 0 Å². The topological polar surface area (TPSA) is 78.9 Å². The van der Waals surface area contributed by atoms with Gasteiger partial charge >= 0.3 is 17.9 Å². The van der Waals surface area contributed by atoms with E-state index in [0.29, 0.717) is 19.3 Å². The lowest BCUT2D eigenvalue weighted by atomic mass is 10.0. The van der Waals surface area contributed by atoms with E-state index in [9.17, 15) is 14.4 Å². The summed E-state index contributed by atoms with van der Waals surface area (Å²) < 4.78 is 16.7. The molecule has 1 atom stereocenters. The number of hydrogen-bond donors (Lipinski definition) is 0. The zero-order valence-corrected chi connectivity index (χ0v) is 48.8. The summed E-state index contributed by atoms with van der Waals surface area (Å²) in [4.78, 5) is 37.8. The standard InChI is InChI=1S/C69H114O6/c1-4-7-10-13-15-17-19-21-23-25-26-27-28-29-30-31-32-33-34-35-36-37-38-39-40-41-42-44-45-47-49-51-53-56-59-62-68(71)74-65-66(64-73-67(70)61-58-55-12-9-6-3)75-69(72)63-60-57-54-52-50-48-46-43-24-22-20-18-16-14-11-8-5-2/h7-8,10-11,15-18,21-24,26-27,29-30,32-33,35-36,66H,4-6,9,12-14,19-20,25,28,31,34,37-65H2,1-3H3/b10-7-,11-8-,17-15-,18-16-,23-21-,24-22-,27-26-,30-29-,33-32-,36-35-. The van der Waals surface area contributed by atoms with Crippen molar-refractivity contribution in [1.82, 2.24) is 0 Å². The minimum absolute atomic E-state index is 0.0828. The number of rotatable bonds is 55. The largest absolute Gasteiger partial charge is 0.462 e. The number of unbranched alkanes of at least 4 members (excludes halogenated alkanes) is 24. The van der Waals surface area contributed by atoms with Crippen LogP contribution in [-0.4, -0.2) is 37.2 Å². The van der Waals surface area contributed by atoms with Gasteiger partial charge in [-0.3, -0.25) is 14.4 Å². The number of carbonyl (C=O) groups is 3. The first-order chi connectivity index (χ1) is 37.0. The Morgan fingerprint density at radius 1 is 0.280 bits per heavy atom. The molecule has 0 aromatic heterocycles. The predicted molar refractivity (Wildman–Crippen MR) is 325 cm³/mol. The summed E-state index contributed by atoms with van der Waals surface area (Å²) in [5.41, 5.74) is 0. The number of allylic oxidation sites excluding steroid dienone is 20. The highest BCUT2D eigenvalue weighted by atomic mass is 16.6. The van der Waals surface area contributed by atoms with E-state index in [1.165, 1.54) is 103 Å². The molecule has 0 aliphatic rings. The Bertz CT molecular complexity index is 1570. The smallest absolute Gasteiger partial charge is 0.306 e. The quantitative estimate of drug-likeness (QED) is 0.0261. The zero-order valence-electron chi connectivity index (χ0n) is 48.8. The van der Waals surface area contributed by atoms with Crippen LogP contribution in [-0.2, 0) is 28.6 Å². The van der Waals surface area contributed by atoms with Gasteiger partial charge in [-0.1, -0.05) is 271 Å². The lowest BCUT2D eigenvalue weighted by Crippen LogP contribution is -2.30. The van der Waals surface area contributed by atoms with Gasteiger partial charge in [0.05, 0.1) is 0 Å². The van der Waals surface area contributed by atoms with Gasteiger partial charge in [-0.25, -0.2) is 0 Å². The number of hydrogen-bond acceptors (Lipinski definition) is 6. The molecule has 0 aromatic rings. The summed E-state index contributed by atoms with van der Waals surface area (Å²) in [7, 11) is 0. The average Bonchev–Trinajstić information content (AvgIpc) is 3.41. The molecule has 0 spiro atoms. The summed E-state index contributed by atoms with van der Waals surface area (Å²) in [6.45, 7) is 6.33. The first-order valence-corrected chi connectivity index (χ1v) is 31.0. The van der Waals surface area contributed by atoms with Gasteiger partial charge in [-0.15, -0.1) is 0 Å². The Morgan fingerprint density at radius 2 is 0.520 bits per heavy atom. The molecule has 0 bridgehead atoms. The van der Waals surface area contributed by atoms with Crippen LogP contribution in [0.15, 0.2) is 122 Å². The second kappa shape index (κ2) is 62.4. The van der Waals surface area contributed by atoms with Crippen molar-refractivity contribution in [3.05, 3.63) is 122 Å². The van der Waals surface area contributed by atoms with Gasteiger partial charge < -0.3 is 14.2 Å². The van der Waals surface area contributed by atoms with Crippen molar-refractivity contribution in [3.63, 3.8) is 0 Å². The molecule has 426 valence electrons. The third kappa shape index (κ3) is 60.6. The maximum Gasteiger partial charge on any atom is 0.306 e. The van der Waals surface area contributed by atoms with Crippen LogP contribution < -0.4 is 0 Å². The minimum Gasteiger partial charge on any atom is -0.462 e. The fraction of sp³-hybridized carbons (Fsp3) is 0.667. The Hall–Kier alpha value is -4.19. The van der Waals surface area contributed by atoms with E-state index < -0.39 is 6.10 Å². The number of ether oxygens (including phenoxy) is 3. The molecule has 6 nitrogen and oxygen atoms in total. The van der Waals surface area contributed by atoms with Crippen LogP contribution in [0.3, 0.4) is 0 Å². The second-order valence-corrected chi connectivity index (χ2v) is 20.2. The predicted octanol–water partition coefficient (Wildman–Crippen LogP) is 21.2. The Balaban J connectivity index is 4.00. The Kier molecular flexibility index (Phi) is 58.9. The summed E-state index contributed by atoms with van der Waals surface area (Å²) in [5.74, 6) is -0.906. The number of carbonyl (C=O) groups excluding carboxylic acids is 3. The Labute approximate surface area is 462 Å². The summed E-state index contributed by atoms with van der Waals surface area (Å²) >= 11 is 0. The normalized spacial score (nSPS) is 12.9. The van der Waals surface area contributed by atoms with E-state index in [0.717, 1.165) is 135 Å². The van der Waals surface area contributed by atoms with Crippen LogP contribution in [0.5, 0.6) is 0 Å². The van der Waals surface area contributed by atoms with E-state index in [1.807, 2.05) is 0 Å². The van der Waals surface area contributed by atoms with Crippen molar-refractivity contribution in [2.24, 2.45) is 0 Å². The zero-order chi connectivity index (χ0) is 54.3. The molecule has 0 saturated carbocycles. The van der Waals surface area contributed by atoms with Gasteiger partial charge in [-0.05, 0) is 109 Å². The van der Waals surface area contributed by atoms with E-state index in [2.05, 4.69) is 142 Å². The molecule has 0 heterocycles. The van der Waals surface area contributed by atoms with Gasteiger partial charge in [0.25, 0.3) is 0 Å². The first kappa shape index (κ1) is 70.8. The van der Waals surface area contributed by atoms with Gasteiger partial charge in [0.1, 0.15) is 13.2 Å². The third-order valence-electron chi connectivity index (χ3n) is 13.0. The van der Waals surface area contributed by atoms with Crippen LogP contribution in [0.2, 0.25) is 0 Å².